The van der Waals surface area contributed by atoms with E-state index in [9.17, 15) is 0 Å². The average molecular weight is 297 g/mol. The lowest BCUT2D eigenvalue weighted by Crippen LogP contribution is -2.42. The summed E-state index contributed by atoms with van der Waals surface area (Å²) in [5.41, 5.74) is 0.314. The van der Waals surface area contributed by atoms with Crippen LogP contribution in [-0.2, 0) is 0 Å². The molecule has 0 spiro atoms. The lowest BCUT2D eigenvalue weighted by atomic mass is 9.87. The van der Waals surface area contributed by atoms with E-state index in [2.05, 4.69) is 52.2 Å². The second-order valence-electron chi connectivity index (χ2n) is 8.67. The van der Waals surface area contributed by atoms with Gasteiger partial charge in [-0.1, -0.05) is 46.5 Å². The predicted molar refractivity (Wildman–Crippen MR) is 94.8 cm³/mol. The van der Waals surface area contributed by atoms with Gasteiger partial charge in [-0.15, -0.1) is 0 Å². The van der Waals surface area contributed by atoms with E-state index < -0.39 is 0 Å². The normalized spacial score (nSPS) is 27.6. The molecule has 0 heterocycles. The molecular weight excluding hydrogens is 256 g/mol. The molecule has 2 unspecified atom stereocenters. The summed E-state index contributed by atoms with van der Waals surface area (Å²) in [4.78, 5) is 0. The summed E-state index contributed by atoms with van der Waals surface area (Å²) in [6.45, 7) is 13.6. The minimum Gasteiger partial charge on any atom is -0.312 e. The van der Waals surface area contributed by atoms with E-state index in [1.54, 1.807) is 0 Å². The lowest BCUT2D eigenvalue weighted by molar-refractivity contribution is 0.289. The molecule has 2 aliphatic carbocycles. The summed E-state index contributed by atoms with van der Waals surface area (Å²) < 4.78 is 0. The molecule has 2 aliphatic rings. The van der Waals surface area contributed by atoms with E-state index in [1.807, 2.05) is 0 Å². The molecule has 0 aromatic heterocycles. The zero-order valence-electron chi connectivity index (χ0n) is 15.5. The second kappa shape index (κ2) is 9.15. The molecule has 0 bridgehead atoms. The molecule has 2 N–H and O–H groups in total. The van der Waals surface area contributed by atoms with Crippen molar-refractivity contribution in [1.29, 1.82) is 0 Å². The molecule has 2 fully saturated rings. The summed E-state index contributed by atoms with van der Waals surface area (Å²) >= 11 is 0. The van der Waals surface area contributed by atoms with Crippen LogP contribution in [-0.4, -0.2) is 23.7 Å². The Morgan fingerprint density at radius 2 is 1.43 bits per heavy atom. The molecule has 0 radical (unpaired) electrons. The van der Waals surface area contributed by atoms with Gasteiger partial charge in [0.2, 0.25) is 0 Å². The maximum absolute atomic E-state index is 3.62. The van der Waals surface area contributed by atoms with Gasteiger partial charge < -0.3 is 10.6 Å². The highest BCUT2D eigenvalue weighted by Gasteiger charge is 2.20. The fraction of sp³-hybridized carbons (Fsp3) is 1.00. The van der Waals surface area contributed by atoms with Crippen molar-refractivity contribution < 1.29 is 0 Å². The van der Waals surface area contributed by atoms with Crippen LogP contribution >= 0.6 is 0 Å². The molecule has 0 aliphatic heterocycles. The van der Waals surface area contributed by atoms with Gasteiger partial charge >= 0.3 is 0 Å². The third-order valence-electron chi connectivity index (χ3n) is 4.50. The van der Waals surface area contributed by atoms with Gasteiger partial charge in [0.05, 0.1) is 0 Å². The van der Waals surface area contributed by atoms with Crippen molar-refractivity contribution in [2.75, 3.05) is 0 Å². The molecule has 2 atom stereocenters. The fourth-order valence-corrected chi connectivity index (χ4v) is 3.74. The van der Waals surface area contributed by atoms with Crippen molar-refractivity contribution in [3.63, 3.8) is 0 Å². The van der Waals surface area contributed by atoms with Crippen LogP contribution < -0.4 is 10.6 Å². The van der Waals surface area contributed by atoms with Crippen molar-refractivity contribution in [2.45, 2.75) is 117 Å². The van der Waals surface area contributed by atoms with E-state index in [0.29, 0.717) is 11.6 Å². The molecular formula is C19H40N2. The minimum atomic E-state index is 0.314. The highest BCUT2D eigenvalue weighted by molar-refractivity contribution is 4.81. The molecule has 21 heavy (non-hydrogen) atoms. The summed E-state index contributed by atoms with van der Waals surface area (Å²) in [5, 5.41) is 7.23. The Hall–Kier alpha value is -0.0800. The largest absolute Gasteiger partial charge is 0.312 e. The molecule has 0 saturated heterocycles. The summed E-state index contributed by atoms with van der Waals surface area (Å²) in [5.74, 6) is 0.944. The van der Waals surface area contributed by atoms with Crippen LogP contribution in [0.25, 0.3) is 0 Å². The van der Waals surface area contributed by atoms with Gasteiger partial charge in [0, 0.05) is 23.7 Å². The van der Waals surface area contributed by atoms with Gasteiger partial charge in [0.15, 0.2) is 0 Å². The van der Waals surface area contributed by atoms with Crippen LogP contribution in [0.5, 0.6) is 0 Å². The number of hydrogen-bond acceptors (Lipinski definition) is 2. The molecule has 0 aromatic carbocycles. The third kappa shape index (κ3) is 9.52. The van der Waals surface area contributed by atoms with Crippen molar-refractivity contribution in [2.24, 2.45) is 5.92 Å². The monoisotopic (exact) mass is 296 g/mol. The van der Waals surface area contributed by atoms with Crippen molar-refractivity contribution in [1.82, 2.24) is 10.6 Å². The van der Waals surface area contributed by atoms with Gasteiger partial charge in [-0.25, -0.2) is 0 Å². The predicted octanol–water partition coefficient (Wildman–Crippen LogP) is 4.88. The van der Waals surface area contributed by atoms with Crippen LogP contribution in [0.15, 0.2) is 0 Å². The topological polar surface area (TPSA) is 24.1 Å². The Morgan fingerprint density at radius 3 is 1.90 bits per heavy atom. The van der Waals surface area contributed by atoms with Crippen LogP contribution in [0, 0.1) is 5.92 Å². The highest BCUT2D eigenvalue weighted by Crippen LogP contribution is 2.23. The molecule has 2 nitrogen and oxygen atoms in total. The van der Waals surface area contributed by atoms with Gasteiger partial charge in [0.1, 0.15) is 0 Å². The molecule has 2 rings (SSSR count). The molecule has 2 saturated carbocycles. The van der Waals surface area contributed by atoms with Crippen molar-refractivity contribution >= 4 is 0 Å². The smallest absolute Gasteiger partial charge is 0.00990 e. The first-order valence-corrected chi connectivity index (χ1v) is 9.30. The maximum atomic E-state index is 3.62. The van der Waals surface area contributed by atoms with Gasteiger partial charge in [0.25, 0.3) is 0 Å². The second-order valence-corrected chi connectivity index (χ2v) is 8.67. The van der Waals surface area contributed by atoms with Crippen LogP contribution in [0.2, 0.25) is 0 Å². The summed E-state index contributed by atoms with van der Waals surface area (Å²) in [6.07, 6.45) is 11.3. The molecule has 0 amide bonds. The lowest BCUT2D eigenvalue weighted by Gasteiger charge is -2.29. The van der Waals surface area contributed by atoms with Crippen molar-refractivity contribution in [3.8, 4) is 0 Å². The SMILES string of the molecule is CC(C)(C)NC1CCCC1.CC1CCCC(NC(C)C)C1. The number of rotatable bonds is 3. The Bertz CT molecular complexity index is 259. The average Bonchev–Trinajstić information content (AvgIpc) is 2.79. The fourth-order valence-electron chi connectivity index (χ4n) is 3.74. The molecule has 2 heteroatoms. The molecule has 126 valence electrons. The summed E-state index contributed by atoms with van der Waals surface area (Å²) in [6, 6.07) is 2.27. The van der Waals surface area contributed by atoms with Gasteiger partial charge in [-0.05, 0) is 52.4 Å². The van der Waals surface area contributed by atoms with Crippen LogP contribution in [0.4, 0.5) is 0 Å². The van der Waals surface area contributed by atoms with Gasteiger partial charge in [-0.2, -0.15) is 0 Å². The number of nitrogens with one attached hydrogen (secondary N) is 2. The first-order chi connectivity index (χ1) is 9.76. The Balaban J connectivity index is 0.000000211. The molecule has 0 aromatic rings. The van der Waals surface area contributed by atoms with E-state index >= 15 is 0 Å². The highest BCUT2D eigenvalue weighted by atomic mass is 15.0. The quantitative estimate of drug-likeness (QED) is 0.775. The zero-order valence-corrected chi connectivity index (χ0v) is 15.5. The Morgan fingerprint density at radius 1 is 0.857 bits per heavy atom. The third-order valence-corrected chi connectivity index (χ3v) is 4.50. The first-order valence-electron chi connectivity index (χ1n) is 9.30. The van der Waals surface area contributed by atoms with E-state index in [4.69, 9.17) is 0 Å². The maximum Gasteiger partial charge on any atom is 0.00990 e. The Kier molecular flexibility index (Phi) is 8.26. The summed E-state index contributed by atoms with van der Waals surface area (Å²) in [7, 11) is 0. The first kappa shape index (κ1) is 19.0. The minimum absolute atomic E-state index is 0.314. The van der Waals surface area contributed by atoms with E-state index in [0.717, 1.165) is 18.0 Å². The van der Waals surface area contributed by atoms with E-state index in [1.165, 1.54) is 51.4 Å². The van der Waals surface area contributed by atoms with Crippen LogP contribution in [0.1, 0.15) is 92.9 Å². The number of hydrogen-bond donors (Lipinski definition) is 2. The van der Waals surface area contributed by atoms with Crippen LogP contribution in [0.3, 0.4) is 0 Å². The van der Waals surface area contributed by atoms with E-state index in [-0.39, 0.29) is 0 Å². The Labute approximate surface area is 133 Å². The van der Waals surface area contributed by atoms with Gasteiger partial charge in [-0.3, -0.25) is 0 Å². The zero-order chi connectivity index (χ0) is 15.9. The van der Waals surface area contributed by atoms with Crippen molar-refractivity contribution in [3.05, 3.63) is 0 Å². The standard InChI is InChI=1S/C10H21N.C9H19N/c1-8(2)11-10-6-4-5-9(3)7-10;1-9(2,3)10-8-6-4-5-7-8/h8-11H,4-7H2,1-3H3;8,10H,4-7H2,1-3H3.